The molecule has 1 aliphatic heterocycles. The number of rotatable bonds is 4. The molecule has 14 heavy (non-hydrogen) atoms. The smallest absolute Gasteiger partial charge is 0.249 e. The fourth-order valence-corrected chi connectivity index (χ4v) is 1.76. The molecule has 0 spiro atoms. The van der Waals surface area contributed by atoms with Crippen molar-refractivity contribution in [3.8, 4) is 0 Å². The Hall–Kier alpha value is -0.840. The molecule has 0 aromatic carbocycles. The minimum absolute atomic E-state index is 0.172. The monoisotopic (exact) mass is 215 g/mol. The summed E-state index contributed by atoms with van der Waals surface area (Å²) in [4.78, 5) is 12.9. The Morgan fingerprint density at radius 2 is 2.36 bits per heavy atom. The molecule has 3 N–H and O–H groups in total. The maximum absolute atomic E-state index is 11.0. The minimum atomic E-state index is -0.288. The number of thiol groups is 1. The van der Waals surface area contributed by atoms with E-state index in [2.05, 4.69) is 24.9 Å². The van der Waals surface area contributed by atoms with Crippen molar-refractivity contribution in [3.05, 3.63) is 11.9 Å². The lowest BCUT2D eigenvalue weighted by molar-refractivity contribution is -0.118. The van der Waals surface area contributed by atoms with E-state index in [-0.39, 0.29) is 11.4 Å². The van der Waals surface area contributed by atoms with Crippen molar-refractivity contribution in [2.75, 3.05) is 6.54 Å². The summed E-state index contributed by atoms with van der Waals surface area (Å²) in [5, 5.41) is 2.68. The van der Waals surface area contributed by atoms with Crippen LogP contribution in [0.25, 0.3) is 0 Å². The van der Waals surface area contributed by atoms with Crippen molar-refractivity contribution in [2.24, 2.45) is 5.73 Å². The SMILES string of the molecule is CCCCCN1C(N)=CC(=O)NC1S. The minimum Gasteiger partial charge on any atom is -0.385 e. The lowest BCUT2D eigenvalue weighted by Crippen LogP contribution is -2.50. The highest BCUT2D eigenvalue weighted by molar-refractivity contribution is 7.80. The number of carbonyl (C=O) groups excluding carboxylic acids is 1. The Morgan fingerprint density at radius 3 is 2.93 bits per heavy atom. The van der Waals surface area contributed by atoms with Crippen molar-refractivity contribution < 1.29 is 4.79 Å². The molecule has 0 aliphatic carbocycles. The van der Waals surface area contributed by atoms with Gasteiger partial charge in [0.15, 0.2) is 0 Å². The normalized spacial score (nSPS) is 21.9. The fraction of sp³-hybridized carbons (Fsp3) is 0.667. The number of hydrogen-bond acceptors (Lipinski definition) is 4. The molecule has 1 aliphatic rings. The van der Waals surface area contributed by atoms with Crippen LogP contribution in [0.3, 0.4) is 0 Å². The Bertz CT molecular complexity index is 242. The van der Waals surface area contributed by atoms with Crippen LogP contribution in [0.4, 0.5) is 0 Å². The van der Waals surface area contributed by atoms with E-state index in [0.717, 1.165) is 19.4 Å². The highest BCUT2D eigenvalue weighted by Crippen LogP contribution is 2.12. The van der Waals surface area contributed by atoms with Crippen LogP contribution in [0.15, 0.2) is 11.9 Å². The van der Waals surface area contributed by atoms with Gasteiger partial charge in [-0.15, -0.1) is 12.6 Å². The first-order valence-electron chi connectivity index (χ1n) is 4.87. The predicted molar refractivity (Wildman–Crippen MR) is 59.4 cm³/mol. The van der Waals surface area contributed by atoms with Crippen molar-refractivity contribution in [1.29, 1.82) is 0 Å². The molecule has 1 heterocycles. The molecular weight excluding hydrogens is 198 g/mol. The summed E-state index contributed by atoms with van der Waals surface area (Å²) in [6.07, 6.45) is 4.80. The van der Waals surface area contributed by atoms with Gasteiger partial charge in [-0.1, -0.05) is 19.8 Å². The lowest BCUT2D eigenvalue weighted by Gasteiger charge is -2.33. The summed E-state index contributed by atoms with van der Waals surface area (Å²) in [6.45, 7) is 2.99. The van der Waals surface area contributed by atoms with Gasteiger partial charge in [0.25, 0.3) is 0 Å². The quantitative estimate of drug-likeness (QED) is 0.476. The zero-order valence-corrected chi connectivity index (χ0v) is 9.26. The van der Waals surface area contributed by atoms with Crippen molar-refractivity contribution >= 4 is 18.5 Å². The first-order chi connectivity index (χ1) is 6.65. The molecular formula is C9H17N3OS. The van der Waals surface area contributed by atoms with Crippen molar-refractivity contribution in [2.45, 2.75) is 31.7 Å². The number of nitrogens with two attached hydrogens (primary N) is 1. The summed E-state index contributed by atoms with van der Waals surface area (Å²) in [5.74, 6) is 0.332. The largest absolute Gasteiger partial charge is 0.385 e. The second-order valence-electron chi connectivity index (χ2n) is 3.35. The third-order valence-corrected chi connectivity index (χ3v) is 2.59. The summed E-state index contributed by atoms with van der Waals surface area (Å²) in [6, 6.07) is 0. The van der Waals surface area contributed by atoms with Gasteiger partial charge in [-0.2, -0.15) is 0 Å². The van der Waals surface area contributed by atoms with Gasteiger partial charge in [0.1, 0.15) is 11.3 Å². The third kappa shape index (κ3) is 2.83. The highest BCUT2D eigenvalue weighted by atomic mass is 32.1. The van der Waals surface area contributed by atoms with E-state index >= 15 is 0 Å². The lowest BCUT2D eigenvalue weighted by atomic mass is 10.2. The molecule has 5 heteroatoms. The van der Waals surface area contributed by atoms with Crippen LogP contribution in [0.5, 0.6) is 0 Å². The number of carbonyl (C=O) groups is 1. The maximum atomic E-state index is 11.0. The van der Waals surface area contributed by atoms with E-state index in [9.17, 15) is 4.79 Å². The molecule has 0 aromatic heterocycles. The van der Waals surface area contributed by atoms with Crippen LogP contribution in [0.1, 0.15) is 26.2 Å². The van der Waals surface area contributed by atoms with E-state index in [1.807, 2.05) is 4.90 Å². The maximum Gasteiger partial charge on any atom is 0.249 e. The first-order valence-corrected chi connectivity index (χ1v) is 5.39. The molecule has 80 valence electrons. The molecule has 1 rings (SSSR count). The third-order valence-electron chi connectivity index (χ3n) is 2.18. The van der Waals surface area contributed by atoms with Crippen molar-refractivity contribution in [3.63, 3.8) is 0 Å². The van der Waals surface area contributed by atoms with Gasteiger partial charge in [-0.25, -0.2) is 0 Å². The molecule has 0 saturated heterocycles. The van der Waals surface area contributed by atoms with E-state index in [0.29, 0.717) is 5.82 Å². The fourth-order valence-electron chi connectivity index (χ4n) is 1.39. The van der Waals surface area contributed by atoms with Crippen LogP contribution in [-0.4, -0.2) is 22.8 Å². The topological polar surface area (TPSA) is 58.4 Å². The molecule has 0 bridgehead atoms. The predicted octanol–water partition coefficient (Wildman–Crippen LogP) is 0.622. The van der Waals surface area contributed by atoms with Crippen LogP contribution < -0.4 is 11.1 Å². The zero-order valence-electron chi connectivity index (χ0n) is 8.36. The van der Waals surface area contributed by atoms with E-state index < -0.39 is 0 Å². The van der Waals surface area contributed by atoms with Gasteiger partial charge in [0.2, 0.25) is 5.91 Å². The van der Waals surface area contributed by atoms with E-state index in [4.69, 9.17) is 5.73 Å². The zero-order chi connectivity index (χ0) is 10.6. The second-order valence-corrected chi connectivity index (χ2v) is 3.84. The molecule has 0 saturated carbocycles. The molecule has 0 radical (unpaired) electrons. The van der Waals surface area contributed by atoms with Crippen LogP contribution >= 0.6 is 12.6 Å². The van der Waals surface area contributed by atoms with Gasteiger partial charge < -0.3 is 16.0 Å². The molecule has 0 fully saturated rings. The Kier molecular flexibility index (Phi) is 4.13. The summed E-state index contributed by atoms with van der Waals surface area (Å²) < 4.78 is 0. The average molecular weight is 215 g/mol. The molecule has 0 aromatic rings. The standard InChI is InChI=1S/C9H17N3OS/c1-2-3-4-5-12-7(10)6-8(13)11-9(12)14/h6,9,14H,2-5,10H2,1H3,(H,11,13). The Morgan fingerprint density at radius 1 is 1.64 bits per heavy atom. The highest BCUT2D eigenvalue weighted by Gasteiger charge is 2.21. The molecule has 1 amide bonds. The van der Waals surface area contributed by atoms with Gasteiger partial charge in [-0.3, -0.25) is 4.79 Å². The summed E-state index contributed by atoms with van der Waals surface area (Å²) in [5.41, 5.74) is 5.43. The van der Waals surface area contributed by atoms with Gasteiger partial charge in [0, 0.05) is 12.6 Å². The van der Waals surface area contributed by atoms with Crippen LogP contribution in [-0.2, 0) is 4.79 Å². The van der Waals surface area contributed by atoms with Crippen LogP contribution in [0.2, 0.25) is 0 Å². The average Bonchev–Trinajstić information content (AvgIpc) is 2.09. The van der Waals surface area contributed by atoms with E-state index in [1.54, 1.807) is 0 Å². The van der Waals surface area contributed by atoms with E-state index in [1.165, 1.54) is 12.5 Å². The van der Waals surface area contributed by atoms with Crippen LogP contribution in [0, 0.1) is 0 Å². The molecule has 4 nitrogen and oxygen atoms in total. The van der Waals surface area contributed by atoms with Crippen molar-refractivity contribution in [1.82, 2.24) is 10.2 Å². The van der Waals surface area contributed by atoms with Gasteiger partial charge in [-0.05, 0) is 6.42 Å². The Balaban J connectivity index is 2.49. The summed E-state index contributed by atoms with van der Waals surface area (Å²) in [7, 11) is 0. The van der Waals surface area contributed by atoms with Gasteiger partial charge in [0.05, 0.1) is 0 Å². The number of nitrogens with one attached hydrogen (secondary N) is 1. The number of amides is 1. The second kappa shape index (κ2) is 5.14. The first kappa shape index (κ1) is 11.2. The number of hydrogen-bond donors (Lipinski definition) is 3. The number of unbranched alkanes of at least 4 members (excludes halogenated alkanes) is 2. The summed E-state index contributed by atoms with van der Waals surface area (Å²) >= 11 is 4.25. The molecule has 1 unspecified atom stereocenters. The Labute approximate surface area is 89.9 Å². The molecule has 1 atom stereocenters. The number of nitrogens with zero attached hydrogens (tertiary/aromatic N) is 1. The van der Waals surface area contributed by atoms with Gasteiger partial charge >= 0.3 is 0 Å².